The van der Waals surface area contributed by atoms with Gasteiger partial charge >= 0.3 is 5.97 Å². The summed E-state index contributed by atoms with van der Waals surface area (Å²) in [7, 11) is 0. The number of carboxylic acid groups (broad SMARTS) is 1. The highest BCUT2D eigenvalue weighted by Gasteiger charge is 2.10. The van der Waals surface area contributed by atoms with Crippen LogP contribution in [0.4, 0.5) is 0 Å². The van der Waals surface area contributed by atoms with Crippen molar-refractivity contribution in [3.8, 4) is 11.3 Å². The molecule has 104 valence electrons. The Kier molecular flexibility index (Phi) is 4.35. The summed E-state index contributed by atoms with van der Waals surface area (Å²) in [4.78, 5) is 23.0. The van der Waals surface area contributed by atoms with Gasteiger partial charge < -0.3 is 9.67 Å². The van der Waals surface area contributed by atoms with Gasteiger partial charge in [0.05, 0.1) is 5.69 Å². The van der Waals surface area contributed by atoms with Crippen LogP contribution < -0.4 is 5.56 Å². The standard InChI is InChI=1S/C16H17NO3/c1-2-17-14(12-6-4-3-5-7-12)10-8-13(16(17)20)9-11-15(18)19/h3-8,10H,2,9,11H2,1H3,(H,18,19). The van der Waals surface area contributed by atoms with Crippen LogP contribution in [-0.2, 0) is 17.8 Å². The smallest absolute Gasteiger partial charge is 0.303 e. The summed E-state index contributed by atoms with van der Waals surface area (Å²) in [6.07, 6.45) is 0.243. The predicted molar refractivity (Wildman–Crippen MR) is 77.8 cm³/mol. The summed E-state index contributed by atoms with van der Waals surface area (Å²) >= 11 is 0. The maximum atomic E-state index is 12.4. The summed E-state index contributed by atoms with van der Waals surface area (Å²) < 4.78 is 1.69. The van der Waals surface area contributed by atoms with Crippen molar-refractivity contribution in [3.05, 3.63) is 58.4 Å². The zero-order valence-electron chi connectivity index (χ0n) is 11.4. The molecule has 2 aromatic rings. The lowest BCUT2D eigenvalue weighted by molar-refractivity contribution is -0.136. The van der Waals surface area contributed by atoms with Crippen molar-refractivity contribution in [2.75, 3.05) is 0 Å². The molecule has 0 aliphatic heterocycles. The van der Waals surface area contributed by atoms with Gasteiger partial charge in [0, 0.05) is 18.5 Å². The van der Waals surface area contributed by atoms with E-state index in [4.69, 9.17) is 5.11 Å². The quantitative estimate of drug-likeness (QED) is 0.909. The average Bonchev–Trinajstić information content (AvgIpc) is 2.46. The zero-order valence-corrected chi connectivity index (χ0v) is 11.4. The van der Waals surface area contributed by atoms with Crippen molar-refractivity contribution in [1.29, 1.82) is 0 Å². The lowest BCUT2D eigenvalue weighted by atomic mass is 10.1. The van der Waals surface area contributed by atoms with E-state index in [2.05, 4.69) is 0 Å². The number of pyridine rings is 1. The fourth-order valence-corrected chi connectivity index (χ4v) is 2.23. The summed E-state index contributed by atoms with van der Waals surface area (Å²) in [5.41, 5.74) is 2.29. The fourth-order valence-electron chi connectivity index (χ4n) is 2.23. The molecule has 4 heteroatoms. The van der Waals surface area contributed by atoms with E-state index in [1.165, 1.54) is 0 Å². The van der Waals surface area contributed by atoms with Crippen LogP contribution in [0.1, 0.15) is 18.9 Å². The molecule has 0 bridgehead atoms. The van der Waals surface area contributed by atoms with E-state index in [0.717, 1.165) is 11.3 Å². The third-order valence-electron chi connectivity index (χ3n) is 3.25. The molecule has 0 unspecified atom stereocenters. The number of rotatable bonds is 5. The first kappa shape index (κ1) is 14.1. The minimum absolute atomic E-state index is 0.0242. The van der Waals surface area contributed by atoms with Crippen LogP contribution in [0, 0.1) is 0 Å². The van der Waals surface area contributed by atoms with Gasteiger partial charge in [0.15, 0.2) is 0 Å². The Bertz CT molecular complexity index is 659. The first-order valence-electron chi connectivity index (χ1n) is 6.63. The lowest BCUT2D eigenvalue weighted by Gasteiger charge is -2.12. The van der Waals surface area contributed by atoms with Gasteiger partial charge in [-0.2, -0.15) is 0 Å². The number of benzene rings is 1. The average molecular weight is 271 g/mol. The van der Waals surface area contributed by atoms with Crippen molar-refractivity contribution in [1.82, 2.24) is 4.57 Å². The molecule has 0 saturated carbocycles. The molecular formula is C16H17NO3. The number of aryl methyl sites for hydroxylation is 1. The molecule has 0 saturated heterocycles. The van der Waals surface area contributed by atoms with Crippen LogP contribution in [0.25, 0.3) is 11.3 Å². The van der Waals surface area contributed by atoms with Crippen LogP contribution in [0.2, 0.25) is 0 Å². The van der Waals surface area contributed by atoms with E-state index >= 15 is 0 Å². The monoisotopic (exact) mass is 271 g/mol. The number of nitrogens with zero attached hydrogens (tertiary/aromatic N) is 1. The van der Waals surface area contributed by atoms with Gasteiger partial charge in [-0.05, 0) is 25.0 Å². The van der Waals surface area contributed by atoms with Gasteiger partial charge in [0.1, 0.15) is 0 Å². The Hall–Kier alpha value is -2.36. The largest absolute Gasteiger partial charge is 0.481 e. The third kappa shape index (κ3) is 2.96. The summed E-state index contributed by atoms with van der Waals surface area (Å²) in [5.74, 6) is -0.889. The SMILES string of the molecule is CCn1c(-c2ccccc2)ccc(CCC(=O)O)c1=O. The minimum atomic E-state index is -0.889. The number of hydrogen-bond acceptors (Lipinski definition) is 2. The van der Waals surface area contributed by atoms with Gasteiger partial charge in [-0.25, -0.2) is 0 Å². The molecule has 20 heavy (non-hydrogen) atoms. The van der Waals surface area contributed by atoms with Crippen LogP contribution >= 0.6 is 0 Å². The second kappa shape index (κ2) is 6.19. The Morgan fingerprint density at radius 3 is 2.45 bits per heavy atom. The normalized spacial score (nSPS) is 10.4. The van der Waals surface area contributed by atoms with Crippen LogP contribution in [0.15, 0.2) is 47.3 Å². The molecule has 1 aromatic carbocycles. The number of hydrogen-bond donors (Lipinski definition) is 1. The van der Waals surface area contributed by atoms with E-state index in [0.29, 0.717) is 12.1 Å². The van der Waals surface area contributed by atoms with Crippen molar-refractivity contribution in [3.63, 3.8) is 0 Å². The molecule has 1 aromatic heterocycles. The molecule has 1 heterocycles. The van der Waals surface area contributed by atoms with E-state index in [-0.39, 0.29) is 18.4 Å². The van der Waals surface area contributed by atoms with E-state index in [9.17, 15) is 9.59 Å². The molecule has 0 atom stereocenters. The van der Waals surface area contributed by atoms with Crippen LogP contribution in [0.5, 0.6) is 0 Å². The highest BCUT2D eigenvalue weighted by atomic mass is 16.4. The Morgan fingerprint density at radius 1 is 1.15 bits per heavy atom. The van der Waals surface area contributed by atoms with Crippen molar-refractivity contribution in [2.24, 2.45) is 0 Å². The topological polar surface area (TPSA) is 59.3 Å². The van der Waals surface area contributed by atoms with Gasteiger partial charge in [0.25, 0.3) is 5.56 Å². The van der Waals surface area contributed by atoms with Crippen LogP contribution in [0.3, 0.4) is 0 Å². The summed E-state index contributed by atoms with van der Waals surface area (Å²) in [6.45, 7) is 2.47. The maximum absolute atomic E-state index is 12.4. The van der Waals surface area contributed by atoms with Crippen LogP contribution in [-0.4, -0.2) is 15.6 Å². The fraction of sp³-hybridized carbons (Fsp3) is 0.250. The van der Waals surface area contributed by atoms with Gasteiger partial charge in [0.2, 0.25) is 0 Å². The Labute approximate surface area is 117 Å². The number of aliphatic carboxylic acids is 1. The summed E-state index contributed by atoms with van der Waals surface area (Å²) in [6, 6.07) is 13.3. The molecule has 0 spiro atoms. The number of carbonyl (C=O) groups is 1. The first-order valence-corrected chi connectivity index (χ1v) is 6.63. The Balaban J connectivity index is 2.44. The zero-order chi connectivity index (χ0) is 14.5. The first-order chi connectivity index (χ1) is 9.63. The lowest BCUT2D eigenvalue weighted by Crippen LogP contribution is -2.24. The molecular weight excluding hydrogens is 254 g/mol. The molecule has 2 rings (SSSR count). The van der Waals surface area contributed by atoms with E-state index in [1.807, 2.05) is 43.3 Å². The predicted octanol–water partition coefficient (Wildman–Crippen LogP) is 2.55. The highest BCUT2D eigenvalue weighted by Crippen LogP contribution is 2.18. The number of aromatic nitrogens is 1. The van der Waals surface area contributed by atoms with Crippen molar-refractivity contribution >= 4 is 5.97 Å². The molecule has 1 N–H and O–H groups in total. The summed E-state index contributed by atoms with van der Waals surface area (Å²) in [5, 5.41) is 8.72. The second-order valence-corrected chi connectivity index (χ2v) is 4.55. The third-order valence-corrected chi connectivity index (χ3v) is 3.25. The van der Waals surface area contributed by atoms with Gasteiger partial charge in [-0.1, -0.05) is 36.4 Å². The van der Waals surface area contributed by atoms with Gasteiger partial charge in [-0.15, -0.1) is 0 Å². The van der Waals surface area contributed by atoms with E-state index in [1.54, 1.807) is 10.6 Å². The number of carboxylic acids is 1. The van der Waals surface area contributed by atoms with Gasteiger partial charge in [-0.3, -0.25) is 9.59 Å². The maximum Gasteiger partial charge on any atom is 0.303 e. The molecule has 0 amide bonds. The Morgan fingerprint density at radius 2 is 1.85 bits per heavy atom. The molecule has 4 nitrogen and oxygen atoms in total. The van der Waals surface area contributed by atoms with Crippen molar-refractivity contribution < 1.29 is 9.90 Å². The van der Waals surface area contributed by atoms with E-state index < -0.39 is 5.97 Å². The highest BCUT2D eigenvalue weighted by molar-refractivity contribution is 5.67. The molecule has 0 aliphatic rings. The van der Waals surface area contributed by atoms with Crippen molar-refractivity contribution in [2.45, 2.75) is 26.3 Å². The second-order valence-electron chi connectivity index (χ2n) is 4.55. The molecule has 0 fully saturated rings. The minimum Gasteiger partial charge on any atom is -0.481 e. The molecule has 0 aliphatic carbocycles. The molecule has 0 radical (unpaired) electrons.